The van der Waals surface area contributed by atoms with Gasteiger partial charge in [-0.3, -0.25) is 9.59 Å². The van der Waals surface area contributed by atoms with Crippen molar-refractivity contribution in [3.63, 3.8) is 0 Å². The van der Waals surface area contributed by atoms with E-state index in [0.29, 0.717) is 27.7 Å². The third-order valence-electron chi connectivity index (χ3n) is 4.14. The van der Waals surface area contributed by atoms with Gasteiger partial charge in [0, 0.05) is 11.1 Å². The van der Waals surface area contributed by atoms with Gasteiger partial charge in [0.2, 0.25) is 5.82 Å². The molecule has 10 nitrogen and oxygen atoms in total. The molecule has 0 aliphatic rings. The van der Waals surface area contributed by atoms with E-state index >= 15 is 0 Å². The molecule has 1 unspecified atom stereocenters. The molecule has 1 atom stereocenters. The lowest BCUT2D eigenvalue weighted by Gasteiger charge is -2.16. The predicted molar refractivity (Wildman–Crippen MR) is 119 cm³/mol. The van der Waals surface area contributed by atoms with Crippen molar-refractivity contribution in [2.45, 2.75) is 24.8 Å². The van der Waals surface area contributed by atoms with Gasteiger partial charge in [-0.05, 0) is 56.3 Å². The highest BCUT2D eigenvalue weighted by molar-refractivity contribution is 7.82. The summed E-state index contributed by atoms with van der Waals surface area (Å²) < 4.78 is 24.4. The van der Waals surface area contributed by atoms with Crippen molar-refractivity contribution in [3.05, 3.63) is 47.5 Å². The highest BCUT2D eigenvalue weighted by atomic mass is 35.5. The van der Waals surface area contributed by atoms with E-state index < -0.39 is 36.0 Å². The van der Waals surface area contributed by atoms with Crippen molar-refractivity contribution in [2.24, 2.45) is 0 Å². The number of carboxylic acid groups (broad SMARTS) is 2. The zero-order valence-electron chi connectivity index (χ0n) is 17.6. The molecule has 0 saturated heterocycles. The van der Waals surface area contributed by atoms with Crippen LogP contribution in [-0.2, 0) is 20.6 Å². The van der Waals surface area contributed by atoms with Crippen LogP contribution >= 0.6 is 11.6 Å². The minimum atomic E-state index is -1.98. The number of benzene rings is 2. The van der Waals surface area contributed by atoms with Gasteiger partial charge < -0.3 is 19.5 Å². The molecule has 0 aliphatic heterocycles. The Morgan fingerprint density at radius 1 is 1.09 bits per heavy atom. The van der Waals surface area contributed by atoms with Crippen molar-refractivity contribution in [3.8, 4) is 28.6 Å². The highest BCUT2D eigenvalue weighted by Gasteiger charge is 2.21. The van der Waals surface area contributed by atoms with Gasteiger partial charge in [-0.2, -0.15) is 9.29 Å². The second kappa shape index (κ2) is 10.6. The second-order valence-corrected chi connectivity index (χ2v) is 8.99. The third-order valence-corrected chi connectivity index (χ3v) is 5.84. The first kappa shape index (κ1) is 24.4. The Bertz CT molecular complexity index is 1160. The van der Waals surface area contributed by atoms with Crippen LogP contribution < -0.4 is 4.74 Å². The first-order chi connectivity index (χ1) is 15.6. The Morgan fingerprint density at radius 2 is 1.70 bits per heavy atom. The molecule has 1 aromatic heterocycles. The van der Waals surface area contributed by atoms with Crippen LogP contribution in [0.5, 0.6) is 5.75 Å². The largest absolute Gasteiger partial charge is 0.489 e. The minimum Gasteiger partial charge on any atom is -0.489 e. The number of ether oxygens (including phenoxy) is 1. The third kappa shape index (κ3) is 6.37. The van der Waals surface area contributed by atoms with Gasteiger partial charge in [0.05, 0.1) is 16.0 Å². The van der Waals surface area contributed by atoms with Gasteiger partial charge in [0.15, 0.2) is 0 Å². The summed E-state index contributed by atoms with van der Waals surface area (Å²) in [5.74, 6) is -1.52. The first-order valence-electron chi connectivity index (χ1n) is 9.65. The maximum absolute atomic E-state index is 12.6. The summed E-state index contributed by atoms with van der Waals surface area (Å²) in [6.07, 6.45) is -0.0252. The SMILES string of the molecule is CC(C)Oc1ccc(-c2noc(-c3ccc(S(=O)N(CC(=O)O)CC(=O)O)cc3)n2)cc1Cl. The van der Waals surface area contributed by atoms with Gasteiger partial charge in [-0.15, -0.1) is 0 Å². The topological polar surface area (TPSA) is 143 Å². The predicted octanol–water partition coefficient (Wildman–Crippen LogP) is 3.34. The quantitative estimate of drug-likeness (QED) is 0.434. The maximum Gasteiger partial charge on any atom is 0.318 e. The van der Waals surface area contributed by atoms with E-state index in [0.717, 1.165) is 4.31 Å². The van der Waals surface area contributed by atoms with Crippen LogP contribution in [-0.4, -0.2) is 60.0 Å². The number of carbonyl (C=O) groups is 2. The van der Waals surface area contributed by atoms with Crippen LogP contribution in [0.2, 0.25) is 5.02 Å². The molecule has 0 fully saturated rings. The lowest BCUT2D eigenvalue weighted by molar-refractivity contribution is -0.139. The van der Waals surface area contributed by atoms with Crippen LogP contribution in [0.25, 0.3) is 22.8 Å². The molecule has 33 heavy (non-hydrogen) atoms. The summed E-state index contributed by atoms with van der Waals surface area (Å²) in [7, 11) is -1.98. The van der Waals surface area contributed by atoms with Gasteiger partial charge in [0.25, 0.3) is 5.89 Å². The Hall–Kier alpha value is -3.28. The van der Waals surface area contributed by atoms with E-state index in [1.807, 2.05) is 13.8 Å². The average molecular weight is 494 g/mol. The lowest BCUT2D eigenvalue weighted by Crippen LogP contribution is -2.35. The van der Waals surface area contributed by atoms with Crippen LogP contribution in [0.15, 0.2) is 51.9 Å². The van der Waals surface area contributed by atoms with Crippen LogP contribution in [0.3, 0.4) is 0 Å². The molecule has 3 aromatic rings. The van der Waals surface area contributed by atoms with E-state index in [1.165, 1.54) is 12.1 Å². The maximum atomic E-state index is 12.6. The number of carboxylic acids is 2. The zero-order valence-corrected chi connectivity index (χ0v) is 19.2. The molecule has 174 valence electrons. The summed E-state index contributed by atoms with van der Waals surface area (Å²) in [6, 6.07) is 11.2. The summed E-state index contributed by atoms with van der Waals surface area (Å²) in [5.41, 5.74) is 1.16. The van der Waals surface area contributed by atoms with Crippen molar-refractivity contribution < 1.29 is 33.3 Å². The van der Waals surface area contributed by atoms with Crippen molar-refractivity contribution in [2.75, 3.05) is 13.1 Å². The summed E-state index contributed by atoms with van der Waals surface area (Å²) in [6.45, 7) is 2.42. The number of aromatic nitrogens is 2. The van der Waals surface area contributed by atoms with E-state index in [1.54, 1.807) is 30.3 Å². The molecule has 0 saturated carbocycles. The number of hydrogen-bond acceptors (Lipinski definition) is 7. The highest BCUT2D eigenvalue weighted by Crippen LogP contribution is 2.31. The molecule has 0 aliphatic carbocycles. The molecule has 3 rings (SSSR count). The Labute approximate surface area is 196 Å². The van der Waals surface area contributed by atoms with Gasteiger partial charge in [-0.1, -0.05) is 16.8 Å². The standard InChI is InChI=1S/C21H20ClN3O7S/c1-12(2)31-17-8-5-14(9-16(17)22)20-23-21(32-24-20)13-3-6-15(7-4-13)33(30)25(10-18(26)27)11-19(28)29/h3-9,12H,10-11H2,1-2H3,(H,26,27)(H,28,29). The fourth-order valence-electron chi connectivity index (χ4n) is 2.79. The number of hydrogen-bond donors (Lipinski definition) is 2. The lowest BCUT2D eigenvalue weighted by atomic mass is 10.2. The van der Waals surface area contributed by atoms with E-state index in [9.17, 15) is 13.8 Å². The molecular formula is C21H20ClN3O7S. The zero-order chi connectivity index (χ0) is 24.1. The van der Waals surface area contributed by atoms with Crippen molar-refractivity contribution in [1.82, 2.24) is 14.4 Å². The fraction of sp³-hybridized carbons (Fsp3) is 0.238. The molecule has 0 amide bonds. The number of aliphatic carboxylic acids is 2. The summed E-state index contributed by atoms with van der Waals surface area (Å²) in [4.78, 5) is 26.5. The first-order valence-corrected chi connectivity index (χ1v) is 11.1. The number of rotatable bonds is 10. The minimum absolute atomic E-state index is 0.0252. The van der Waals surface area contributed by atoms with Crippen LogP contribution in [0.4, 0.5) is 0 Å². The van der Waals surface area contributed by atoms with Gasteiger partial charge >= 0.3 is 11.9 Å². The van der Waals surface area contributed by atoms with E-state index in [-0.39, 0.29) is 16.9 Å². The molecular weight excluding hydrogens is 474 g/mol. The Kier molecular flexibility index (Phi) is 7.79. The van der Waals surface area contributed by atoms with Crippen LogP contribution in [0, 0.1) is 0 Å². The monoisotopic (exact) mass is 493 g/mol. The molecule has 0 bridgehead atoms. The summed E-state index contributed by atoms with van der Waals surface area (Å²) >= 11 is 6.27. The molecule has 1 heterocycles. The Balaban J connectivity index is 1.78. The van der Waals surface area contributed by atoms with Crippen molar-refractivity contribution in [1.29, 1.82) is 0 Å². The molecule has 2 aromatic carbocycles. The van der Waals surface area contributed by atoms with Gasteiger partial charge in [0.1, 0.15) is 29.8 Å². The fourth-order valence-corrected chi connectivity index (χ4v) is 4.13. The van der Waals surface area contributed by atoms with E-state index in [2.05, 4.69) is 10.1 Å². The Morgan fingerprint density at radius 3 is 2.24 bits per heavy atom. The van der Waals surface area contributed by atoms with E-state index in [4.69, 9.17) is 31.1 Å². The molecule has 0 spiro atoms. The normalized spacial score (nSPS) is 12.2. The number of halogens is 1. The average Bonchev–Trinajstić information content (AvgIpc) is 3.23. The molecule has 0 radical (unpaired) electrons. The second-order valence-electron chi connectivity index (χ2n) is 7.09. The summed E-state index contributed by atoms with van der Waals surface area (Å²) in [5, 5.41) is 22.3. The smallest absolute Gasteiger partial charge is 0.318 e. The van der Waals surface area contributed by atoms with Crippen LogP contribution in [0.1, 0.15) is 13.8 Å². The molecule has 2 N–H and O–H groups in total. The molecule has 12 heteroatoms. The number of nitrogens with zero attached hydrogens (tertiary/aromatic N) is 3. The van der Waals surface area contributed by atoms with Crippen molar-refractivity contribution >= 4 is 34.5 Å². The van der Waals surface area contributed by atoms with Gasteiger partial charge in [-0.25, -0.2) is 4.21 Å².